The monoisotopic (exact) mass is 268 g/mol. The van der Waals surface area contributed by atoms with Gasteiger partial charge in [0.25, 0.3) is 0 Å². The van der Waals surface area contributed by atoms with Gasteiger partial charge in [0.05, 0.1) is 17.2 Å². The first-order chi connectivity index (χ1) is 8.90. The van der Waals surface area contributed by atoms with Crippen LogP contribution < -0.4 is 5.32 Å². The summed E-state index contributed by atoms with van der Waals surface area (Å²) in [7, 11) is 0. The lowest BCUT2D eigenvalue weighted by Gasteiger charge is -2.19. The van der Waals surface area contributed by atoms with Crippen molar-refractivity contribution in [3.05, 3.63) is 29.3 Å². The molecule has 1 saturated carbocycles. The quantitative estimate of drug-likeness (QED) is 0.873. The number of benzene rings is 1. The number of hydrogen-bond acceptors (Lipinski definition) is 2. The average Bonchev–Trinajstić information content (AvgIpc) is 2.74. The van der Waals surface area contributed by atoms with Crippen molar-refractivity contribution in [2.75, 3.05) is 5.32 Å². The largest absolute Gasteiger partial charge is 0.418 e. The fraction of sp³-hybridized carbons (Fsp3) is 0.500. The highest BCUT2D eigenvalue weighted by Gasteiger charge is 2.34. The van der Waals surface area contributed by atoms with E-state index in [2.05, 4.69) is 12.2 Å². The predicted molar refractivity (Wildman–Crippen MR) is 66.6 cm³/mol. The van der Waals surface area contributed by atoms with Gasteiger partial charge in [-0.25, -0.2) is 0 Å². The maximum Gasteiger partial charge on any atom is 0.418 e. The van der Waals surface area contributed by atoms with Crippen LogP contribution in [0.2, 0.25) is 0 Å². The van der Waals surface area contributed by atoms with E-state index in [0.717, 1.165) is 25.3 Å². The van der Waals surface area contributed by atoms with E-state index >= 15 is 0 Å². The fourth-order valence-corrected chi connectivity index (χ4v) is 2.53. The van der Waals surface area contributed by atoms with Crippen LogP contribution in [0.4, 0.5) is 18.9 Å². The first-order valence-corrected chi connectivity index (χ1v) is 6.28. The lowest BCUT2D eigenvalue weighted by molar-refractivity contribution is -0.137. The third kappa shape index (κ3) is 3.19. The molecule has 0 heterocycles. The Bertz CT molecular complexity index is 502. The van der Waals surface area contributed by atoms with Gasteiger partial charge in [0.1, 0.15) is 0 Å². The van der Waals surface area contributed by atoms with Crippen molar-refractivity contribution in [3.63, 3.8) is 0 Å². The molecule has 2 unspecified atom stereocenters. The first-order valence-electron chi connectivity index (χ1n) is 6.28. The number of nitrogens with zero attached hydrogens (tertiary/aromatic N) is 1. The standard InChI is InChI=1S/C14H15F3N2/c1-9-2-4-11(6-9)19-13-5-3-10(8-18)7-12(13)14(15,16)17/h3,5,7,9,11,19H,2,4,6H2,1H3. The van der Waals surface area contributed by atoms with E-state index in [1.807, 2.05) is 0 Å². The van der Waals surface area contributed by atoms with E-state index in [9.17, 15) is 13.2 Å². The Kier molecular flexibility index (Phi) is 3.70. The topological polar surface area (TPSA) is 35.8 Å². The second-order valence-electron chi connectivity index (χ2n) is 5.13. The molecular formula is C14H15F3N2. The number of halogens is 3. The molecule has 5 heteroatoms. The highest BCUT2D eigenvalue weighted by Crippen LogP contribution is 2.37. The van der Waals surface area contributed by atoms with E-state index < -0.39 is 11.7 Å². The van der Waals surface area contributed by atoms with Crippen molar-refractivity contribution in [2.45, 2.75) is 38.4 Å². The Hall–Kier alpha value is -1.70. The molecule has 1 N–H and O–H groups in total. The second kappa shape index (κ2) is 5.12. The van der Waals surface area contributed by atoms with Crippen LogP contribution in [-0.2, 0) is 6.18 Å². The Morgan fingerprint density at radius 3 is 2.58 bits per heavy atom. The number of nitriles is 1. The molecule has 0 aliphatic heterocycles. The van der Waals surface area contributed by atoms with Gasteiger partial charge < -0.3 is 5.32 Å². The number of nitrogens with one attached hydrogen (secondary N) is 1. The summed E-state index contributed by atoms with van der Waals surface area (Å²) >= 11 is 0. The minimum absolute atomic E-state index is 0.0256. The van der Waals surface area contributed by atoms with Crippen molar-refractivity contribution in [1.29, 1.82) is 5.26 Å². The third-order valence-corrected chi connectivity index (χ3v) is 3.51. The lowest BCUT2D eigenvalue weighted by Crippen LogP contribution is -2.19. The van der Waals surface area contributed by atoms with Crippen LogP contribution in [0.1, 0.15) is 37.3 Å². The molecule has 0 bridgehead atoms. The van der Waals surface area contributed by atoms with Crippen molar-refractivity contribution >= 4 is 5.69 Å². The van der Waals surface area contributed by atoms with Crippen molar-refractivity contribution in [3.8, 4) is 6.07 Å². The minimum atomic E-state index is -4.45. The summed E-state index contributed by atoms with van der Waals surface area (Å²) in [5.74, 6) is 0.546. The molecule has 2 nitrogen and oxygen atoms in total. The van der Waals surface area contributed by atoms with Crippen LogP contribution in [0.25, 0.3) is 0 Å². The van der Waals surface area contributed by atoms with Crippen LogP contribution in [0.3, 0.4) is 0 Å². The maximum absolute atomic E-state index is 13.0. The van der Waals surface area contributed by atoms with Gasteiger partial charge >= 0.3 is 6.18 Å². The van der Waals surface area contributed by atoms with E-state index in [1.165, 1.54) is 12.1 Å². The summed E-state index contributed by atoms with van der Waals surface area (Å²) in [6.07, 6.45) is -1.63. The summed E-state index contributed by atoms with van der Waals surface area (Å²) in [6.45, 7) is 2.10. The molecule has 102 valence electrons. The normalized spacial score (nSPS) is 23.1. The zero-order valence-corrected chi connectivity index (χ0v) is 10.6. The van der Waals surface area contributed by atoms with Crippen LogP contribution in [0.15, 0.2) is 18.2 Å². The highest BCUT2D eigenvalue weighted by molar-refractivity contribution is 5.56. The van der Waals surface area contributed by atoms with Crippen LogP contribution >= 0.6 is 0 Å². The third-order valence-electron chi connectivity index (χ3n) is 3.51. The first kappa shape index (κ1) is 13.7. The van der Waals surface area contributed by atoms with Crippen LogP contribution in [0.5, 0.6) is 0 Å². The molecule has 0 radical (unpaired) electrons. The Labute approximate surface area is 110 Å². The Morgan fingerprint density at radius 2 is 2.05 bits per heavy atom. The molecule has 1 fully saturated rings. The fourth-order valence-electron chi connectivity index (χ4n) is 2.53. The van der Waals surface area contributed by atoms with Crippen molar-refractivity contribution < 1.29 is 13.2 Å². The summed E-state index contributed by atoms with van der Waals surface area (Å²) < 4.78 is 38.9. The zero-order chi connectivity index (χ0) is 14.0. The second-order valence-corrected chi connectivity index (χ2v) is 5.13. The summed E-state index contributed by atoms with van der Waals surface area (Å²) in [5, 5.41) is 11.7. The highest BCUT2D eigenvalue weighted by atomic mass is 19.4. The number of rotatable bonds is 2. The summed E-state index contributed by atoms with van der Waals surface area (Å²) in [4.78, 5) is 0. The Morgan fingerprint density at radius 1 is 1.32 bits per heavy atom. The summed E-state index contributed by atoms with van der Waals surface area (Å²) in [5.41, 5.74) is -0.658. The number of anilines is 1. The smallest absolute Gasteiger partial charge is 0.382 e. The van der Waals surface area contributed by atoms with Gasteiger partial charge in [-0.05, 0) is 43.4 Å². The maximum atomic E-state index is 13.0. The molecule has 0 spiro atoms. The van der Waals surface area contributed by atoms with Crippen molar-refractivity contribution in [2.24, 2.45) is 5.92 Å². The molecule has 0 amide bonds. The van der Waals surface area contributed by atoms with Crippen LogP contribution in [-0.4, -0.2) is 6.04 Å². The average molecular weight is 268 g/mol. The van der Waals surface area contributed by atoms with Gasteiger partial charge in [0, 0.05) is 11.7 Å². The van der Waals surface area contributed by atoms with E-state index in [4.69, 9.17) is 5.26 Å². The van der Waals surface area contributed by atoms with Crippen LogP contribution in [0, 0.1) is 17.2 Å². The van der Waals surface area contributed by atoms with Gasteiger partial charge in [-0.3, -0.25) is 0 Å². The van der Waals surface area contributed by atoms with Gasteiger partial charge in [-0.1, -0.05) is 6.92 Å². The lowest BCUT2D eigenvalue weighted by atomic mass is 10.1. The van der Waals surface area contributed by atoms with Gasteiger partial charge in [0.15, 0.2) is 0 Å². The van der Waals surface area contributed by atoms with Crippen molar-refractivity contribution in [1.82, 2.24) is 0 Å². The molecule has 0 saturated heterocycles. The van der Waals surface area contributed by atoms with Gasteiger partial charge in [0.2, 0.25) is 0 Å². The number of alkyl halides is 3. The van der Waals surface area contributed by atoms with E-state index in [1.54, 1.807) is 6.07 Å². The molecule has 19 heavy (non-hydrogen) atoms. The molecule has 1 aliphatic carbocycles. The van der Waals surface area contributed by atoms with Gasteiger partial charge in [-0.15, -0.1) is 0 Å². The molecule has 1 aromatic carbocycles. The molecule has 1 aliphatic rings. The zero-order valence-electron chi connectivity index (χ0n) is 10.6. The van der Waals surface area contributed by atoms with E-state index in [-0.39, 0.29) is 17.3 Å². The predicted octanol–water partition coefficient (Wildman–Crippen LogP) is 4.18. The Balaban J connectivity index is 2.27. The van der Waals surface area contributed by atoms with E-state index in [0.29, 0.717) is 5.92 Å². The molecule has 2 atom stereocenters. The van der Waals surface area contributed by atoms with Gasteiger partial charge in [-0.2, -0.15) is 18.4 Å². The number of hydrogen-bond donors (Lipinski definition) is 1. The minimum Gasteiger partial charge on any atom is -0.382 e. The molecule has 0 aromatic heterocycles. The molecular weight excluding hydrogens is 253 g/mol. The molecule has 1 aromatic rings. The summed E-state index contributed by atoms with van der Waals surface area (Å²) in [6, 6.07) is 5.49. The molecule has 2 rings (SSSR count). The SMILES string of the molecule is CC1CCC(Nc2ccc(C#N)cc2C(F)(F)F)C1.